The van der Waals surface area contributed by atoms with Crippen molar-refractivity contribution in [1.29, 1.82) is 0 Å². The standard InChI is InChI=1S/C10H19NOS/c13-9-10(2-3-10)8-11-4-1-6-12-7-5-11/h13H,1-9H2. The van der Waals surface area contributed by atoms with Crippen LogP contribution in [0.4, 0.5) is 0 Å². The number of ether oxygens (including phenoxy) is 1. The van der Waals surface area contributed by atoms with E-state index in [0.717, 1.165) is 25.5 Å². The van der Waals surface area contributed by atoms with E-state index in [1.54, 1.807) is 0 Å². The number of rotatable bonds is 3. The lowest BCUT2D eigenvalue weighted by atomic mass is 10.1. The van der Waals surface area contributed by atoms with Gasteiger partial charge in [-0.3, -0.25) is 0 Å². The lowest BCUT2D eigenvalue weighted by Gasteiger charge is -2.24. The Labute approximate surface area is 86.0 Å². The molecule has 2 aliphatic rings. The number of nitrogens with zero attached hydrogens (tertiary/aromatic N) is 1. The first-order chi connectivity index (χ1) is 6.35. The van der Waals surface area contributed by atoms with Crippen LogP contribution in [0, 0.1) is 5.41 Å². The van der Waals surface area contributed by atoms with Crippen LogP contribution in [0.5, 0.6) is 0 Å². The molecule has 1 aliphatic heterocycles. The highest BCUT2D eigenvalue weighted by Crippen LogP contribution is 2.47. The predicted molar refractivity (Wildman–Crippen MR) is 57.4 cm³/mol. The van der Waals surface area contributed by atoms with Gasteiger partial charge in [0.1, 0.15) is 0 Å². The summed E-state index contributed by atoms with van der Waals surface area (Å²) in [4.78, 5) is 2.55. The van der Waals surface area contributed by atoms with Crippen molar-refractivity contribution in [3.05, 3.63) is 0 Å². The Morgan fingerprint density at radius 2 is 2.08 bits per heavy atom. The molecule has 76 valence electrons. The Hall–Kier alpha value is 0.270. The third-order valence-electron chi connectivity index (χ3n) is 3.17. The molecule has 2 fully saturated rings. The minimum absolute atomic E-state index is 0.577. The van der Waals surface area contributed by atoms with E-state index >= 15 is 0 Å². The average molecular weight is 201 g/mol. The fourth-order valence-corrected chi connectivity index (χ4v) is 2.39. The van der Waals surface area contributed by atoms with E-state index in [0.29, 0.717) is 5.41 Å². The highest BCUT2D eigenvalue weighted by molar-refractivity contribution is 7.80. The van der Waals surface area contributed by atoms with Crippen LogP contribution in [0.25, 0.3) is 0 Å². The lowest BCUT2D eigenvalue weighted by Crippen LogP contribution is -2.33. The zero-order chi connectivity index (χ0) is 9.15. The summed E-state index contributed by atoms with van der Waals surface area (Å²) in [6.07, 6.45) is 3.96. The van der Waals surface area contributed by atoms with Gasteiger partial charge in [0.2, 0.25) is 0 Å². The molecule has 0 bridgehead atoms. The number of thiol groups is 1. The van der Waals surface area contributed by atoms with Gasteiger partial charge >= 0.3 is 0 Å². The van der Waals surface area contributed by atoms with Crippen molar-refractivity contribution in [3.8, 4) is 0 Å². The van der Waals surface area contributed by atoms with Gasteiger partial charge in [-0.2, -0.15) is 12.6 Å². The second-order valence-corrected chi connectivity index (χ2v) is 4.72. The summed E-state index contributed by atoms with van der Waals surface area (Å²) in [6.45, 7) is 5.46. The molecule has 0 unspecified atom stereocenters. The van der Waals surface area contributed by atoms with Crippen molar-refractivity contribution >= 4 is 12.6 Å². The van der Waals surface area contributed by atoms with Crippen molar-refractivity contribution in [2.45, 2.75) is 19.3 Å². The SMILES string of the molecule is SCC1(CN2CCCOCC2)CC1. The molecule has 0 amide bonds. The minimum atomic E-state index is 0.577. The van der Waals surface area contributed by atoms with E-state index in [4.69, 9.17) is 4.74 Å². The van der Waals surface area contributed by atoms with Crippen molar-refractivity contribution in [2.24, 2.45) is 5.41 Å². The Kier molecular flexibility index (Phi) is 3.17. The van der Waals surface area contributed by atoms with Gasteiger partial charge in [-0.25, -0.2) is 0 Å². The molecular weight excluding hydrogens is 182 g/mol. The molecule has 0 aromatic carbocycles. The maximum atomic E-state index is 5.43. The first-order valence-corrected chi connectivity index (χ1v) is 5.89. The fraction of sp³-hybridized carbons (Fsp3) is 1.00. The summed E-state index contributed by atoms with van der Waals surface area (Å²) >= 11 is 4.43. The van der Waals surface area contributed by atoms with Gasteiger partial charge in [-0.1, -0.05) is 0 Å². The molecule has 0 radical (unpaired) electrons. The van der Waals surface area contributed by atoms with E-state index in [1.807, 2.05) is 0 Å². The van der Waals surface area contributed by atoms with Crippen LogP contribution in [0.15, 0.2) is 0 Å². The third-order valence-corrected chi connectivity index (χ3v) is 3.84. The summed E-state index contributed by atoms with van der Waals surface area (Å²) < 4.78 is 5.43. The Bertz CT molecular complexity index is 162. The van der Waals surface area contributed by atoms with Gasteiger partial charge in [0.05, 0.1) is 6.61 Å². The maximum absolute atomic E-state index is 5.43. The first-order valence-electron chi connectivity index (χ1n) is 5.26. The average Bonchev–Trinajstić information content (AvgIpc) is 2.92. The first kappa shape index (κ1) is 9.81. The Morgan fingerprint density at radius 1 is 1.23 bits per heavy atom. The zero-order valence-electron chi connectivity index (χ0n) is 8.17. The summed E-state index contributed by atoms with van der Waals surface area (Å²) in [5, 5.41) is 0. The van der Waals surface area contributed by atoms with Crippen molar-refractivity contribution in [3.63, 3.8) is 0 Å². The third kappa shape index (κ3) is 2.61. The predicted octanol–water partition coefficient (Wildman–Crippen LogP) is 1.42. The number of hydrogen-bond acceptors (Lipinski definition) is 3. The molecule has 2 nitrogen and oxygen atoms in total. The van der Waals surface area contributed by atoms with Crippen LogP contribution in [-0.4, -0.2) is 43.5 Å². The summed E-state index contributed by atoms with van der Waals surface area (Å²) in [6, 6.07) is 0. The van der Waals surface area contributed by atoms with Gasteiger partial charge in [-0.15, -0.1) is 0 Å². The Balaban J connectivity index is 1.79. The molecule has 0 aromatic rings. The Morgan fingerprint density at radius 3 is 2.77 bits per heavy atom. The molecule has 3 heteroatoms. The summed E-state index contributed by atoms with van der Waals surface area (Å²) in [5.41, 5.74) is 0.577. The topological polar surface area (TPSA) is 12.5 Å². The monoisotopic (exact) mass is 201 g/mol. The molecule has 13 heavy (non-hydrogen) atoms. The van der Waals surface area contributed by atoms with Crippen LogP contribution < -0.4 is 0 Å². The quantitative estimate of drug-likeness (QED) is 0.693. The van der Waals surface area contributed by atoms with Crippen LogP contribution in [0.1, 0.15) is 19.3 Å². The molecule has 0 aromatic heterocycles. The smallest absolute Gasteiger partial charge is 0.0593 e. The van der Waals surface area contributed by atoms with E-state index in [9.17, 15) is 0 Å². The molecule has 1 saturated carbocycles. The van der Waals surface area contributed by atoms with Gasteiger partial charge in [0.15, 0.2) is 0 Å². The van der Waals surface area contributed by atoms with E-state index < -0.39 is 0 Å². The van der Waals surface area contributed by atoms with Gasteiger partial charge in [0.25, 0.3) is 0 Å². The van der Waals surface area contributed by atoms with Crippen molar-refractivity contribution in [1.82, 2.24) is 4.90 Å². The molecule has 0 spiro atoms. The second-order valence-electron chi connectivity index (χ2n) is 4.40. The second kappa shape index (κ2) is 4.20. The van der Waals surface area contributed by atoms with Crippen molar-refractivity contribution in [2.75, 3.05) is 38.6 Å². The lowest BCUT2D eigenvalue weighted by molar-refractivity contribution is 0.138. The highest BCUT2D eigenvalue weighted by atomic mass is 32.1. The molecular formula is C10H19NOS. The number of hydrogen-bond donors (Lipinski definition) is 1. The van der Waals surface area contributed by atoms with E-state index in [-0.39, 0.29) is 0 Å². The normalized spacial score (nSPS) is 28.4. The molecule has 1 heterocycles. The molecule has 0 atom stereocenters. The molecule has 1 saturated heterocycles. The fourth-order valence-electron chi connectivity index (χ4n) is 1.97. The van der Waals surface area contributed by atoms with E-state index in [2.05, 4.69) is 17.5 Å². The van der Waals surface area contributed by atoms with E-state index in [1.165, 1.54) is 32.4 Å². The summed E-state index contributed by atoms with van der Waals surface area (Å²) in [7, 11) is 0. The molecule has 1 aliphatic carbocycles. The maximum Gasteiger partial charge on any atom is 0.0593 e. The highest BCUT2D eigenvalue weighted by Gasteiger charge is 2.42. The molecule has 2 rings (SSSR count). The van der Waals surface area contributed by atoms with Crippen LogP contribution in [0.3, 0.4) is 0 Å². The molecule has 0 N–H and O–H groups in total. The van der Waals surface area contributed by atoms with Gasteiger partial charge in [-0.05, 0) is 30.4 Å². The van der Waals surface area contributed by atoms with Crippen molar-refractivity contribution < 1.29 is 4.74 Å². The van der Waals surface area contributed by atoms with Crippen LogP contribution >= 0.6 is 12.6 Å². The van der Waals surface area contributed by atoms with Gasteiger partial charge in [0, 0.05) is 26.2 Å². The van der Waals surface area contributed by atoms with Crippen LogP contribution in [-0.2, 0) is 4.74 Å². The summed E-state index contributed by atoms with van der Waals surface area (Å²) in [5.74, 6) is 1.06. The zero-order valence-corrected chi connectivity index (χ0v) is 9.06. The minimum Gasteiger partial charge on any atom is -0.380 e. The van der Waals surface area contributed by atoms with Gasteiger partial charge < -0.3 is 9.64 Å². The van der Waals surface area contributed by atoms with Crippen LogP contribution in [0.2, 0.25) is 0 Å². The largest absolute Gasteiger partial charge is 0.380 e.